The van der Waals surface area contributed by atoms with Gasteiger partial charge < -0.3 is 5.01 Å². The highest BCUT2D eigenvalue weighted by Gasteiger charge is 2.17. The van der Waals surface area contributed by atoms with Crippen LogP contribution >= 0.6 is 0 Å². The average Bonchev–Trinajstić information content (AvgIpc) is 2.58. The van der Waals surface area contributed by atoms with E-state index in [-0.39, 0.29) is 0 Å². The van der Waals surface area contributed by atoms with Gasteiger partial charge in [0.05, 0.1) is 0 Å². The Morgan fingerprint density at radius 2 is 1.73 bits per heavy atom. The van der Waals surface area contributed by atoms with Crippen LogP contribution in [0.4, 0.5) is 0 Å². The van der Waals surface area contributed by atoms with Crippen LogP contribution < -0.4 is 0 Å². The summed E-state index contributed by atoms with van der Waals surface area (Å²) in [6.07, 6.45) is 9.88. The Bertz CT molecular complexity index is 148. The largest absolute Gasteiger partial charge is 0.313 e. The first-order chi connectivity index (χ1) is 5.47. The van der Waals surface area contributed by atoms with Gasteiger partial charge in [-0.2, -0.15) is 0 Å². The summed E-state index contributed by atoms with van der Waals surface area (Å²) in [5.41, 5.74) is 0. The van der Waals surface area contributed by atoms with Crippen LogP contribution in [0, 0.1) is 0 Å². The number of rotatable bonds is 1. The summed E-state index contributed by atoms with van der Waals surface area (Å²) in [5.74, 6) is 0. The summed E-state index contributed by atoms with van der Waals surface area (Å²) < 4.78 is 0. The predicted octanol–water partition coefficient (Wildman–Crippen LogP) is 1.61. The van der Waals surface area contributed by atoms with E-state index >= 15 is 0 Å². The molecule has 0 radical (unpaired) electrons. The molecule has 2 nitrogen and oxygen atoms in total. The molecule has 0 unspecified atom stereocenters. The second-order valence-electron chi connectivity index (χ2n) is 3.35. The third-order valence-electron chi connectivity index (χ3n) is 2.48. The van der Waals surface area contributed by atoms with E-state index in [4.69, 9.17) is 0 Å². The summed E-state index contributed by atoms with van der Waals surface area (Å²) in [6.45, 7) is 3.77. The molecular weight excluding hydrogens is 136 g/mol. The number of hydrogen-bond acceptors (Lipinski definition) is 2. The van der Waals surface area contributed by atoms with Gasteiger partial charge in [-0.05, 0) is 25.7 Å². The van der Waals surface area contributed by atoms with Crippen LogP contribution in [0.2, 0.25) is 0 Å². The zero-order valence-electron chi connectivity index (χ0n) is 7.00. The summed E-state index contributed by atoms with van der Waals surface area (Å²) >= 11 is 0. The smallest absolute Gasteiger partial charge is 0.0343 e. The molecule has 0 N–H and O–H groups in total. The zero-order valence-corrected chi connectivity index (χ0v) is 7.00. The number of allylic oxidation sites excluding steroid dienone is 1. The molecule has 0 atom stereocenters. The molecule has 1 fully saturated rings. The highest BCUT2D eigenvalue weighted by atomic mass is 15.6. The minimum absolute atomic E-state index is 1.23. The second kappa shape index (κ2) is 3.26. The van der Waals surface area contributed by atoms with Crippen molar-refractivity contribution in [2.24, 2.45) is 0 Å². The molecule has 0 aromatic carbocycles. The van der Waals surface area contributed by atoms with Gasteiger partial charge in [-0.1, -0.05) is 6.08 Å². The van der Waals surface area contributed by atoms with Crippen LogP contribution in [0.25, 0.3) is 0 Å². The van der Waals surface area contributed by atoms with Gasteiger partial charge in [-0.3, -0.25) is 0 Å². The second-order valence-corrected chi connectivity index (χ2v) is 3.35. The Balaban J connectivity index is 1.91. The number of hydrogen-bond donors (Lipinski definition) is 0. The molecule has 0 spiro atoms. The molecule has 2 aliphatic rings. The van der Waals surface area contributed by atoms with Crippen molar-refractivity contribution in [2.45, 2.75) is 25.7 Å². The lowest BCUT2D eigenvalue weighted by Gasteiger charge is -2.32. The van der Waals surface area contributed by atoms with E-state index < -0.39 is 0 Å². The van der Waals surface area contributed by atoms with Gasteiger partial charge in [0.1, 0.15) is 0 Å². The number of hydrazine groups is 1. The average molecular weight is 152 g/mol. The maximum Gasteiger partial charge on any atom is 0.0343 e. The Labute approximate surface area is 68.4 Å². The molecule has 2 heteroatoms. The van der Waals surface area contributed by atoms with Gasteiger partial charge in [0, 0.05) is 25.8 Å². The minimum atomic E-state index is 1.23. The quantitative estimate of drug-likeness (QED) is 0.563. The Morgan fingerprint density at radius 1 is 0.909 bits per heavy atom. The minimum Gasteiger partial charge on any atom is -0.313 e. The van der Waals surface area contributed by atoms with Crippen molar-refractivity contribution in [3.8, 4) is 0 Å². The van der Waals surface area contributed by atoms with Crippen molar-refractivity contribution >= 4 is 0 Å². The molecule has 2 rings (SSSR count). The summed E-state index contributed by atoms with van der Waals surface area (Å²) in [5, 5.41) is 4.85. The van der Waals surface area contributed by atoms with Gasteiger partial charge in [-0.15, -0.1) is 0 Å². The van der Waals surface area contributed by atoms with Gasteiger partial charge in [-0.25, -0.2) is 5.01 Å². The van der Waals surface area contributed by atoms with Crippen molar-refractivity contribution in [1.82, 2.24) is 10.0 Å². The van der Waals surface area contributed by atoms with Crippen LogP contribution in [0.15, 0.2) is 12.3 Å². The van der Waals surface area contributed by atoms with E-state index in [2.05, 4.69) is 22.3 Å². The van der Waals surface area contributed by atoms with Gasteiger partial charge in [0.2, 0.25) is 0 Å². The van der Waals surface area contributed by atoms with Crippen molar-refractivity contribution in [3.63, 3.8) is 0 Å². The lowest BCUT2D eigenvalue weighted by atomic mass is 10.2. The third kappa shape index (κ3) is 1.56. The van der Waals surface area contributed by atoms with Crippen molar-refractivity contribution in [3.05, 3.63) is 12.3 Å². The number of nitrogens with zero attached hydrogens (tertiary/aromatic N) is 2. The van der Waals surface area contributed by atoms with Crippen LogP contribution in [0.5, 0.6) is 0 Å². The lowest BCUT2D eigenvalue weighted by Crippen LogP contribution is -2.38. The van der Waals surface area contributed by atoms with Gasteiger partial charge >= 0.3 is 0 Å². The molecule has 0 aromatic rings. The highest BCUT2D eigenvalue weighted by Crippen LogP contribution is 2.15. The fraction of sp³-hybridized carbons (Fsp3) is 0.778. The fourth-order valence-electron chi connectivity index (χ4n) is 1.83. The molecule has 0 bridgehead atoms. The van der Waals surface area contributed by atoms with Crippen LogP contribution in [-0.2, 0) is 0 Å². The van der Waals surface area contributed by atoms with Crippen LogP contribution in [0.3, 0.4) is 0 Å². The van der Waals surface area contributed by atoms with E-state index in [1.54, 1.807) is 0 Å². The van der Waals surface area contributed by atoms with E-state index in [0.29, 0.717) is 0 Å². The Hall–Kier alpha value is -0.500. The van der Waals surface area contributed by atoms with Gasteiger partial charge in [0.25, 0.3) is 0 Å². The predicted molar refractivity (Wildman–Crippen MR) is 45.9 cm³/mol. The first kappa shape index (κ1) is 7.17. The first-order valence-corrected chi connectivity index (χ1v) is 4.65. The topological polar surface area (TPSA) is 6.48 Å². The highest BCUT2D eigenvalue weighted by molar-refractivity contribution is 4.87. The molecule has 2 aliphatic heterocycles. The maximum atomic E-state index is 2.47. The molecule has 62 valence electrons. The van der Waals surface area contributed by atoms with Crippen LogP contribution in [-0.4, -0.2) is 29.7 Å². The van der Waals surface area contributed by atoms with Crippen molar-refractivity contribution in [1.29, 1.82) is 0 Å². The molecule has 0 amide bonds. The lowest BCUT2D eigenvalue weighted by molar-refractivity contribution is 0.0429. The van der Waals surface area contributed by atoms with Crippen molar-refractivity contribution in [2.75, 3.05) is 19.6 Å². The SMILES string of the molecule is C1=CN(N2CCCC2)CCC1. The normalized spacial score (nSPS) is 26.4. The molecule has 0 aromatic heterocycles. The molecule has 1 saturated heterocycles. The fourth-order valence-corrected chi connectivity index (χ4v) is 1.83. The summed E-state index contributed by atoms with van der Waals surface area (Å²) in [6, 6.07) is 0. The van der Waals surface area contributed by atoms with Gasteiger partial charge in [0.15, 0.2) is 0 Å². The molecular formula is C9H16N2. The summed E-state index contributed by atoms with van der Waals surface area (Å²) in [7, 11) is 0. The molecule has 11 heavy (non-hydrogen) atoms. The molecule has 2 heterocycles. The van der Waals surface area contributed by atoms with E-state index in [9.17, 15) is 0 Å². The van der Waals surface area contributed by atoms with E-state index in [0.717, 1.165) is 0 Å². The van der Waals surface area contributed by atoms with E-state index in [1.807, 2.05) is 0 Å². The third-order valence-corrected chi connectivity index (χ3v) is 2.48. The van der Waals surface area contributed by atoms with Crippen molar-refractivity contribution < 1.29 is 0 Å². The van der Waals surface area contributed by atoms with Crippen LogP contribution in [0.1, 0.15) is 25.7 Å². The zero-order chi connectivity index (χ0) is 7.52. The molecule has 0 saturated carbocycles. The monoisotopic (exact) mass is 152 g/mol. The molecule has 0 aliphatic carbocycles. The Kier molecular flexibility index (Phi) is 2.13. The summed E-state index contributed by atoms with van der Waals surface area (Å²) in [4.78, 5) is 0. The maximum absolute atomic E-state index is 2.47. The standard InChI is InChI=1S/C9H16N2/c1-2-6-10(7-3-1)11-8-4-5-9-11/h2,6H,1,3-5,7-9H2. The first-order valence-electron chi connectivity index (χ1n) is 4.65. The Morgan fingerprint density at radius 3 is 2.36 bits per heavy atom. The van der Waals surface area contributed by atoms with E-state index in [1.165, 1.54) is 45.3 Å².